The van der Waals surface area contributed by atoms with Crippen LogP contribution in [0.25, 0.3) is 0 Å². The number of rotatable bonds is 7. The molecule has 2 aromatic carbocycles. The average Bonchev–Trinajstić information content (AvgIpc) is 3.22. The summed E-state index contributed by atoms with van der Waals surface area (Å²) in [6.45, 7) is 1.61. The van der Waals surface area contributed by atoms with Crippen LogP contribution in [-0.4, -0.2) is 18.5 Å². The van der Waals surface area contributed by atoms with Crippen molar-refractivity contribution in [3.05, 3.63) is 93.7 Å². The number of benzene rings is 2. The molecule has 0 aliphatic heterocycles. The van der Waals surface area contributed by atoms with Crippen LogP contribution in [0.15, 0.2) is 72.1 Å². The molecule has 1 unspecified atom stereocenters. The van der Waals surface area contributed by atoms with E-state index in [-0.39, 0.29) is 18.6 Å². The number of carbonyl (C=O) groups is 2. The van der Waals surface area contributed by atoms with Crippen molar-refractivity contribution in [2.24, 2.45) is 0 Å². The van der Waals surface area contributed by atoms with E-state index in [1.54, 1.807) is 23.5 Å². The van der Waals surface area contributed by atoms with Crippen molar-refractivity contribution in [3.8, 4) is 0 Å². The molecule has 1 heterocycles. The second-order valence-electron chi connectivity index (χ2n) is 6.20. The van der Waals surface area contributed by atoms with Crippen LogP contribution >= 0.6 is 11.3 Å². The maximum absolute atomic E-state index is 12.5. The van der Waals surface area contributed by atoms with Gasteiger partial charge < -0.3 is 10.1 Å². The standard InChI is InChI=1S/C22H21NO3S/c1-16(20-12-7-13-27-20)23-21(24)15-26-22(25)19-11-6-5-10-18(19)14-17-8-3-2-4-9-17/h2-13,16H,14-15H2,1H3,(H,23,24). The second-order valence-corrected chi connectivity index (χ2v) is 7.18. The van der Waals surface area contributed by atoms with Crippen molar-refractivity contribution in [1.82, 2.24) is 5.32 Å². The maximum Gasteiger partial charge on any atom is 0.338 e. The van der Waals surface area contributed by atoms with Gasteiger partial charge in [0, 0.05) is 4.88 Å². The van der Waals surface area contributed by atoms with Gasteiger partial charge in [-0.05, 0) is 42.0 Å². The van der Waals surface area contributed by atoms with E-state index < -0.39 is 5.97 Å². The second kappa shape index (κ2) is 9.14. The van der Waals surface area contributed by atoms with Crippen molar-refractivity contribution >= 4 is 23.2 Å². The summed E-state index contributed by atoms with van der Waals surface area (Å²) in [6.07, 6.45) is 0.633. The first kappa shape index (κ1) is 18.9. The summed E-state index contributed by atoms with van der Waals surface area (Å²) in [7, 11) is 0. The van der Waals surface area contributed by atoms with Gasteiger partial charge in [0.05, 0.1) is 11.6 Å². The number of ether oxygens (including phenoxy) is 1. The molecule has 0 saturated carbocycles. The fraction of sp³-hybridized carbons (Fsp3) is 0.182. The van der Waals surface area contributed by atoms with E-state index in [1.807, 2.05) is 66.9 Å². The molecule has 0 aliphatic rings. The number of amides is 1. The number of esters is 1. The fourth-order valence-corrected chi connectivity index (χ4v) is 3.52. The van der Waals surface area contributed by atoms with E-state index in [1.165, 1.54) is 0 Å². The summed E-state index contributed by atoms with van der Waals surface area (Å²) < 4.78 is 5.24. The van der Waals surface area contributed by atoms with Gasteiger partial charge in [-0.3, -0.25) is 4.79 Å². The lowest BCUT2D eigenvalue weighted by atomic mass is 10.00. The van der Waals surface area contributed by atoms with E-state index in [2.05, 4.69) is 5.32 Å². The van der Waals surface area contributed by atoms with Gasteiger partial charge in [0.1, 0.15) is 0 Å². The molecule has 5 heteroatoms. The molecule has 0 fully saturated rings. The molecule has 0 radical (unpaired) electrons. The lowest BCUT2D eigenvalue weighted by Gasteiger charge is -2.13. The zero-order chi connectivity index (χ0) is 19.1. The predicted octanol–water partition coefficient (Wildman–Crippen LogP) is 4.37. The highest BCUT2D eigenvalue weighted by atomic mass is 32.1. The van der Waals surface area contributed by atoms with Gasteiger partial charge in [0.2, 0.25) is 0 Å². The highest BCUT2D eigenvalue weighted by molar-refractivity contribution is 7.10. The minimum Gasteiger partial charge on any atom is -0.452 e. The quantitative estimate of drug-likeness (QED) is 0.620. The van der Waals surface area contributed by atoms with E-state index >= 15 is 0 Å². The Balaban J connectivity index is 1.59. The van der Waals surface area contributed by atoms with Crippen LogP contribution in [0.1, 0.15) is 39.3 Å². The minimum absolute atomic E-state index is 0.110. The van der Waals surface area contributed by atoms with Crippen molar-refractivity contribution < 1.29 is 14.3 Å². The van der Waals surface area contributed by atoms with Gasteiger partial charge in [0.25, 0.3) is 5.91 Å². The monoisotopic (exact) mass is 379 g/mol. The average molecular weight is 379 g/mol. The first-order chi connectivity index (χ1) is 13.1. The summed E-state index contributed by atoms with van der Waals surface area (Å²) in [5.74, 6) is -0.801. The Kier molecular flexibility index (Phi) is 6.39. The van der Waals surface area contributed by atoms with Crippen LogP contribution in [0.4, 0.5) is 0 Å². The summed E-state index contributed by atoms with van der Waals surface area (Å²) in [4.78, 5) is 25.6. The number of thiophene rings is 1. The molecular formula is C22H21NO3S. The largest absolute Gasteiger partial charge is 0.452 e. The minimum atomic E-state index is -0.486. The molecule has 4 nitrogen and oxygen atoms in total. The molecule has 0 bridgehead atoms. The molecule has 1 amide bonds. The predicted molar refractivity (Wildman–Crippen MR) is 107 cm³/mol. The third-order valence-corrected chi connectivity index (χ3v) is 5.21. The first-order valence-electron chi connectivity index (χ1n) is 8.75. The van der Waals surface area contributed by atoms with Crippen LogP contribution < -0.4 is 5.32 Å². The molecular weight excluding hydrogens is 358 g/mol. The molecule has 1 N–H and O–H groups in total. The normalized spacial score (nSPS) is 11.6. The van der Waals surface area contributed by atoms with E-state index in [0.717, 1.165) is 16.0 Å². The molecule has 1 aromatic heterocycles. The van der Waals surface area contributed by atoms with Crippen molar-refractivity contribution in [2.45, 2.75) is 19.4 Å². The number of hydrogen-bond donors (Lipinski definition) is 1. The van der Waals surface area contributed by atoms with Gasteiger partial charge in [-0.25, -0.2) is 4.79 Å². The van der Waals surface area contributed by atoms with Crippen LogP contribution in [-0.2, 0) is 16.0 Å². The number of hydrogen-bond acceptors (Lipinski definition) is 4. The molecule has 1 atom stereocenters. The van der Waals surface area contributed by atoms with Gasteiger partial charge in [0.15, 0.2) is 6.61 Å². The van der Waals surface area contributed by atoms with Gasteiger partial charge >= 0.3 is 5.97 Å². The van der Waals surface area contributed by atoms with Crippen molar-refractivity contribution in [1.29, 1.82) is 0 Å². The van der Waals surface area contributed by atoms with E-state index in [9.17, 15) is 9.59 Å². The lowest BCUT2D eigenvalue weighted by Crippen LogP contribution is -2.30. The SMILES string of the molecule is CC(NC(=O)COC(=O)c1ccccc1Cc1ccccc1)c1cccs1. The first-order valence-corrected chi connectivity index (χ1v) is 9.63. The molecule has 3 rings (SSSR count). The van der Waals surface area contributed by atoms with Gasteiger partial charge in [-0.2, -0.15) is 0 Å². The Morgan fingerprint density at radius 2 is 1.74 bits per heavy atom. The van der Waals surface area contributed by atoms with E-state index in [0.29, 0.717) is 12.0 Å². The highest BCUT2D eigenvalue weighted by Gasteiger charge is 2.16. The third-order valence-electron chi connectivity index (χ3n) is 4.16. The molecule has 0 aliphatic carbocycles. The molecule has 0 saturated heterocycles. The Bertz CT molecular complexity index is 891. The van der Waals surface area contributed by atoms with Crippen LogP contribution in [0.2, 0.25) is 0 Å². The van der Waals surface area contributed by atoms with Gasteiger partial charge in [-0.1, -0.05) is 54.6 Å². The number of nitrogens with one attached hydrogen (secondary N) is 1. The Labute approximate surface area is 162 Å². The molecule has 0 spiro atoms. The summed E-state index contributed by atoms with van der Waals surface area (Å²) >= 11 is 1.57. The maximum atomic E-state index is 12.5. The summed E-state index contributed by atoms with van der Waals surface area (Å²) in [5, 5.41) is 4.80. The number of carbonyl (C=O) groups excluding carboxylic acids is 2. The van der Waals surface area contributed by atoms with Crippen LogP contribution in [0.3, 0.4) is 0 Å². The summed E-state index contributed by atoms with van der Waals surface area (Å²) in [6, 6.07) is 21.0. The third kappa shape index (κ3) is 5.28. The van der Waals surface area contributed by atoms with Crippen LogP contribution in [0.5, 0.6) is 0 Å². The Morgan fingerprint density at radius 3 is 2.48 bits per heavy atom. The summed E-state index contributed by atoms with van der Waals surface area (Å²) in [5.41, 5.74) is 2.47. The lowest BCUT2D eigenvalue weighted by molar-refractivity contribution is -0.124. The Morgan fingerprint density at radius 1 is 1.00 bits per heavy atom. The Hall–Kier alpha value is -2.92. The van der Waals surface area contributed by atoms with Crippen molar-refractivity contribution in [2.75, 3.05) is 6.61 Å². The van der Waals surface area contributed by atoms with Crippen molar-refractivity contribution in [3.63, 3.8) is 0 Å². The topological polar surface area (TPSA) is 55.4 Å². The smallest absolute Gasteiger partial charge is 0.338 e. The van der Waals surface area contributed by atoms with Crippen LogP contribution in [0, 0.1) is 0 Å². The van der Waals surface area contributed by atoms with Gasteiger partial charge in [-0.15, -0.1) is 11.3 Å². The zero-order valence-corrected chi connectivity index (χ0v) is 15.9. The fourth-order valence-electron chi connectivity index (χ4n) is 2.79. The van der Waals surface area contributed by atoms with E-state index in [4.69, 9.17) is 4.74 Å². The highest BCUT2D eigenvalue weighted by Crippen LogP contribution is 2.18. The molecule has 3 aromatic rings. The zero-order valence-electron chi connectivity index (χ0n) is 15.1. The molecule has 138 valence electrons. The molecule has 27 heavy (non-hydrogen) atoms.